The summed E-state index contributed by atoms with van der Waals surface area (Å²) in [6, 6.07) is 7.61. The third kappa shape index (κ3) is 3.31. The van der Waals surface area contributed by atoms with Crippen LogP contribution in [0.2, 0.25) is 0 Å². The maximum absolute atomic E-state index is 11.4. The Morgan fingerprint density at radius 1 is 1.33 bits per heavy atom. The van der Waals surface area contributed by atoms with Crippen molar-refractivity contribution < 1.29 is 14.6 Å². The maximum atomic E-state index is 11.4. The second-order valence-corrected chi connectivity index (χ2v) is 4.69. The fourth-order valence-electron chi connectivity index (χ4n) is 2.21. The third-order valence-corrected chi connectivity index (χ3v) is 3.32. The van der Waals surface area contributed by atoms with Crippen LogP contribution in [0.3, 0.4) is 0 Å². The molecule has 2 rings (SSSR count). The average molecular weight is 249 g/mol. The lowest BCUT2D eigenvalue weighted by Gasteiger charge is -2.32. The van der Waals surface area contributed by atoms with Crippen molar-refractivity contribution in [2.45, 2.75) is 19.4 Å². The molecule has 18 heavy (non-hydrogen) atoms. The molecule has 1 aromatic carbocycles. The molecule has 0 amide bonds. The second-order valence-electron chi connectivity index (χ2n) is 4.69. The molecule has 1 atom stereocenters. The number of ether oxygens (including phenoxy) is 1. The van der Waals surface area contributed by atoms with E-state index in [9.17, 15) is 9.90 Å². The van der Waals surface area contributed by atoms with Crippen LogP contribution in [-0.2, 0) is 16.0 Å². The molecular formula is C14H19NO3. The Balaban J connectivity index is 2.05. The van der Waals surface area contributed by atoms with Gasteiger partial charge in [-0.25, -0.2) is 0 Å². The SMILES string of the molecule is Cc1ccc(C[C@H](C(=O)O)N2CCOCC2)cc1. The predicted octanol–water partition coefficient (Wildman–Crippen LogP) is 1.32. The van der Waals surface area contributed by atoms with Crippen molar-refractivity contribution in [2.75, 3.05) is 26.3 Å². The van der Waals surface area contributed by atoms with Gasteiger partial charge in [0, 0.05) is 13.1 Å². The van der Waals surface area contributed by atoms with E-state index in [1.165, 1.54) is 5.56 Å². The smallest absolute Gasteiger partial charge is 0.321 e. The predicted molar refractivity (Wildman–Crippen MR) is 68.7 cm³/mol. The van der Waals surface area contributed by atoms with Crippen LogP contribution in [0.15, 0.2) is 24.3 Å². The van der Waals surface area contributed by atoms with Gasteiger partial charge >= 0.3 is 5.97 Å². The minimum Gasteiger partial charge on any atom is -0.480 e. The second kappa shape index (κ2) is 5.98. The molecule has 98 valence electrons. The van der Waals surface area contributed by atoms with Gasteiger partial charge in [-0.2, -0.15) is 0 Å². The zero-order chi connectivity index (χ0) is 13.0. The lowest BCUT2D eigenvalue weighted by atomic mass is 10.0. The van der Waals surface area contributed by atoms with Crippen molar-refractivity contribution in [1.29, 1.82) is 0 Å². The molecule has 4 heteroatoms. The maximum Gasteiger partial charge on any atom is 0.321 e. The Hall–Kier alpha value is -1.39. The lowest BCUT2D eigenvalue weighted by Crippen LogP contribution is -2.48. The van der Waals surface area contributed by atoms with E-state index in [4.69, 9.17) is 4.74 Å². The molecule has 1 N–H and O–H groups in total. The number of carboxylic acid groups (broad SMARTS) is 1. The van der Waals surface area contributed by atoms with Crippen molar-refractivity contribution >= 4 is 5.97 Å². The highest BCUT2D eigenvalue weighted by Crippen LogP contribution is 2.12. The van der Waals surface area contributed by atoms with Gasteiger partial charge in [0.25, 0.3) is 0 Å². The Morgan fingerprint density at radius 3 is 2.50 bits per heavy atom. The van der Waals surface area contributed by atoms with Crippen molar-refractivity contribution in [2.24, 2.45) is 0 Å². The number of aryl methyl sites for hydroxylation is 1. The van der Waals surface area contributed by atoms with Crippen LogP contribution in [0, 0.1) is 6.92 Å². The van der Waals surface area contributed by atoms with Gasteiger partial charge in [0.2, 0.25) is 0 Å². The Morgan fingerprint density at radius 2 is 1.94 bits per heavy atom. The van der Waals surface area contributed by atoms with E-state index >= 15 is 0 Å². The Bertz CT molecular complexity index is 396. The highest BCUT2D eigenvalue weighted by atomic mass is 16.5. The highest BCUT2D eigenvalue weighted by Gasteiger charge is 2.27. The van der Waals surface area contributed by atoms with Gasteiger partial charge in [-0.15, -0.1) is 0 Å². The molecule has 0 bridgehead atoms. The van der Waals surface area contributed by atoms with Crippen LogP contribution < -0.4 is 0 Å². The monoisotopic (exact) mass is 249 g/mol. The summed E-state index contributed by atoms with van der Waals surface area (Å²) in [4.78, 5) is 13.4. The fraction of sp³-hybridized carbons (Fsp3) is 0.500. The van der Waals surface area contributed by atoms with Gasteiger partial charge in [-0.3, -0.25) is 9.69 Å². The summed E-state index contributed by atoms with van der Waals surface area (Å²) in [7, 11) is 0. The first-order valence-electron chi connectivity index (χ1n) is 6.27. The minimum absolute atomic E-state index is 0.448. The number of morpholine rings is 1. The molecule has 1 aliphatic heterocycles. The topological polar surface area (TPSA) is 49.8 Å². The van der Waals surface area contributed by atoms with Crippen molar-refractivity contribution in [3.8, 4) is 0 Å². The van der Waals surface area contributed by atoms with E-state index in [2.05, 4.69) is 0 Å². The highest BCUT2D eigenvalue weighted by molar-refractivity contribution is 5.74. The summed E-state index contributed by atoms with van der Waals surface area (Å²) in [5.74, 6) is -0.752. The van der Waals surface area contributed by atoms with Crippen molar-refractivity contribution in [3.63, 3.8) is 0 Å². The first kappa shape index (κ1) is 13.1. The molecule has 0 spiro atoms. The van der Waals surface area contributed by atoms with E-state index in [-0.39, 0.29) is 0 Å². The van der Waals surface area contributed by atoms with E-state index in [1.807, 2.05) is 36.1 Å². The number of aliphatic carboxylic acids is 1. The summed E-state index contributed by atoms with van der Waals surface area (Å²) in [5, 5.41) is 9.36. The number of hydrogen-bond donors (Lipinski definition) is 1. The van der Waals surface area contributed by atoms with Crippen LogP contribution in [-0.4, -0.2) is 48.3 Å². The van der Waals surface area contributed by atoms with Crippen LogP contribution in [0.25, 0.3) is 0 Å². The molecule has 0 aliphatic carbocycles. The van der Waals surface area contributed by atoms with Gasteiger partial charge in [0.15, 0.2) is 0 Å². The molecule has 0 saturated carbocycles. The molecule has 1 saturated heterocycles. The first-order valence-corrected chi connectivity index (χ1v) is 6.27. The van der Waals surface area contributed by atoms with Crippen LogP contribution in [0.4, 0.5) is 0 Å². The normalized spacial score (nSPS) is 18.5. The zero-order valence-electron chi connectivity index (χ0n) is 10.6. The Labute approximate surface area is 107 Å². The number of nitrogens with zero attached hydrogens (tertiary/aromatic N) is 1. The van der Waals surface area contributed by atoms with Crippen LogP contribution in [0.1, 0.15) is 11.1 Å². The number of carbonyl (C=O) groups is 1. The molecule has 1 fully saturated rings. The molecule has 4 nitrogen and oxygen atoms in total. The standard InChI is InChI=1S/C14H19NO3/c1-11-2-4-12(5-3-11)10-13(14(16)17)15-6-8-18-9-7-15/h2-5,13H,6-10H2,1H3,(H,16,17)/t13-/m1/s1. The number of carboxylic acids is 1. The molecular weight excluding hydrogens is 230 g/mol. The van der Waals surface area contributed by atoms with Crippen LogP contribution in [0.5, 0.6) is 0 Å². The van der Waals surface area contributed by atoms with E-state index < -0.39 is 12.0 Å². The van der Waals surface area contributed by atoms with Gasteiger partial charge in [0.05, 0.1) is 13.2 Å². The molecule has 0 unspecified atom stereocenters. The lowest BCUT2D eigenvalue weighted by molar-refractivity contribution is -0.145. The van der Waals surface area contributed by atoms with Crippen molar-refractivity contribution in [3.05, 3.63) is 35.4 Å². The van der Waals surface area contributed by atoms with Gasteiger partial charge in [-0.05, 0) is 18.9 Å². The van der Waals surface area contributed by atoms with Crippen LogP contribution >= 0.6 is 0 Å². The molecule has 0 aromatic heterocycles. The quantitative estimate of drug-likeness (QED) is 0.874. The molecule has 1 heterocycles. The van der Waals surface area contributed by atoms with E-state index in [0.29, 0.717) is 32.7 Å². The van der Waals surface area contributed by atoms with E-state index in [1.54, 1.807) is 0 Å². The fourth-order valence-corrected chi connectivity index (χ4v) is 2.21. The number of benzene rings is 1. The number of hydrogen-bond acceptors (Lipinski definition) is 3. The molecule has 1 aliphatic rings. The summed E-state index contributed by atoms with van der Waals surface area (Å²) >= 11 is 0. The largest absolute Gasteiger partial charge is 0.480 e. The first-order chi connectivity index (χ1) is 8.66. The average Bonchev–Trinajstić information content (AvgIpc) is 2.38. The van der Waals surface area contributed by atoms with Gasteiger partial charge < -0.3 is 9.84 Å². The number of rotatable bonds is 4. The molecule has 0 radical (unpaired) electrons. The summed E-state index contributed by atoms with van der Waals surface area (Å²) in [6.45, 7) is 4.67. The van der Waals surface area contributed by atoms with Gasteiger partial charge in [-0.1, -0.05) is 29.8 Å². The minimum atomic E-state index is -0.752. The Kier molecular flexibility index (Phi) is 4.33. The summed E-state index contributed by atoms with van der Waals surface area (Å²) in [5.41, 5.74) is 2.26. The van der Waals surface area contributed by atoms with E-state index in [0.717, 1.165) is 5.56 Å². The summed E-state index contributed by atoms with van der Waals surface area (Å²) in [6.07, 6.45) is 0.551. The van der Waals surface area contributed by atoms with Gasteiger partial charge in [0.1, 0.15) is 6.04 Å². The zero-order valence-corrected chi connectivity index (χ0v) is 10.6. The van der Waals surface area contributed by atoms with Crippen molar-refractivity contribution in [1.82, 2.24) is 4.90 Å². The summed E-state index contributed by atoms with van der Waals surface area (Å²) < 4.78 is 5.26. The third-order valence-electron chi connectivity index (χ3n) is 3.32. The molecule has 1 aromatic rings.